The van der Waals surface area contributed by atoms with E-state index in [2.05, 4.69) is 0 Å². The van der Waals surface area contributed by atoms with Crippen LogP contribution in [0, 0.1) is 0 Å². The van der Waals surface area contributed by atoms with Crippen molar-refractivity contribution >= 4 is 12.2 Å². The molecule has 0 N–H and O–H groups in total. The number of hydrogen-bond donors (Lipinski definition) is 0. The molecule has 0 aromatic heterocycles. The summed E-state index contributed by atoms with van der Waals surface area (Å²) in [4.78, 5) is 23.2. The summed E-state index contributed by atoms with van der Waals surface area (Å²) in [6.45, 7) is 3.81. The molecule has 1 saturated heterocycles. The minimum Gasteiger partial charge on any atom is -0.339 e. The molecule has 0 aromatic rings. The third-order valence-electron chi connectivity index (χ3n) is 2.19. The summed E-state index contributed by atoms with van der Waals surface area (Å²) in [5.41, 5.74) is 0. The molecule has 0 radical (unpaired) electrons. The van der Waals surface area contributed by atoms with Crippen molar-refractivity contribution in [2.24, 2.45) is 0 Å². The lowest BCUT2D eigenvalue weighted by atomic mass is 9.97. The van der Waals surface area contributed by atoms with Crippen molar-refractivity contribution in [3.63, 3.8) is 0 Å². The average Bonchev–Trinajstić information content (AvgIpc) is 1.85. The monoisotopic (exact) mass is 155 g/mol. The van der Waals surface area contributed by atoms with Gasteiger partial charge in [-0.2, -0.15) is 0 Å². The lowest BCUT2D eigenvalue weighted by Crippen LogP contribution is -2.45. The Morgan fingerprint density at radius 3 is 2.18 bits per heavy atom. The fourth-order valence-corrected chi connectivity index (χ4v) is 1.60. The van der Waals surface area contributed by atoms with Crippen LogP contribution in [0.3, 0.4) is 0 Å². The lowest BCUT2D eigenvalue weighted by molar-refractivity contribution is -0.131. The van der Waals surface area contributed by atoms with Crippen LogP contribution in [0.25, 0.3) is 0 Å². The number of Topliss-reactive ketones (excluding diaryl/α,β-unsaturated/α-hetero) is 1. The molecule has 0 bridgehead atoms. The van der Waals surface area contributed by atoms with E-state index in [-0.39, 0.29) is 17.9 Å². The van der Waals surface area contributed by atoms with Crippen LogP contribution < -0.4 is 0 Å². The van der Waals surface area contributed by atoms with Crippen LogP contribution >= 0.6 is 0 Å². The second-order valence-corrected chi connectivity index (χ2v) is 3.20. The molecular weight excluding hydrogens is 142 g/mol. The first-order chi connectivity index (χ1) is 5.15. The zero-order chi connectivity index (χ0) is 8.43. The van der Waals surface area contributed by atoms with Crippen molar-refractivity contribution in [3.8, 4) is 0 Å². The Morgan fingerprint density at radius 1 is 1.36 bits per heavy atom. The highest BCUT2D eigenvalue weighted by atomic mass is 16.1. The molecule has 1 heterocycles. The molecule has 62 valence electrons. The summed E-state index contributed by atoms with van der Waals surface area (Å²) in [5.74, 6) is 0.267. The number of nitrogens with zero attached hydrogens (tertiary/aromatic N) is 1. The molecule has 3 nitrogen and oxygen atoms in total. The molecule has 1 aliphatic rings. The number of amides is 1. The van der Waals surface area contributed by atoms with Crippen LogP contribution in [-0.4, -0.2) is 29.2 Å². The number of hydrogen-bond acceptors (Lipinski definition) is 2. The van der Waals surface area contributed by atoms with Gasteiger partial charge >= 0.3 is 0 Å². The molecule has 0 aromatic carbocycles. The Balaban J connectivity index is 2.66. The summed E-state index contributed by atoms with van der Waals surface area (Å²) in [7, 11) is 0. The molecule has 0 aliphatic carbocycles. The van der Waals surface area contributed by atoms with Gasteiger partial charge in [-0.25, -0.2) is 0 Å². The summed E-state index contributed by atoms with van der Waals surface area (Å²) in [6, 6.07) is 0.174. The highest BCUT2D eigenvalue weighted by molar-refractivity contribution is 5.81. The first-order valence-corrected chi connectivity index (χ1v) is 3.89. The van der Waals surface area contributed by atoms with Crippen LogP contribution in [0.2, 0.25) is 0 Å². The third-order valence-corrected chi connectivity index (χ3v) is 2.19. The van der Waals surface area contributed by atoms with E-state index < -0.39 is 0 Å². The molecule has 1 fully saturated rings. The van der Waals surface area contributed by atoms with Crippen molar-refractivity contribution in [3.05, 3.63) is 0 Å². The van der Waals surface area contributed by atoms with Crippen molar-refractivity contribution in [2.75, 3.05) is 0 Å². The van der Waals surface area contributed by atoms with Gasteiger partial charge in [0.25, 0.3) is 0 Å². The van der Waals surface area contributed by atoms with Crippen molar-refractivity contribution < 1.29 is 9.59 Å². The molecule has 2 unspecified atom stereocenters. The zero-order valence-electron chi connectivity index (χ0n) is 6.91. The van der Waals surface area contributed by atoms with E-state index in [1.165, 1.54) is 0 Å². The van der Waals surface area contributed by atoms with Gasteiger partial charge in [-0.3, -0.25) is 9.59 Å². The highest BCUT2D eigenvalue weighted by Crippen LogP contribution is 2.17. The summed E-state index contributed by atoms with van der Waals surface area (Å²) < 4.78 is 0. The first kappa shape index (κ1) is 8.24. The predicted molar refractivity (Wildman–Crippen MR) is 41.1 cm³/mol. The SMILES string of the molecule is CC1CC(=O)CC(C)N1C=O. The van der Waals surface area contributed by atoms with Gasteiger partial charge in [0.15, 0.2) is 0 Å². The van der Waals surface area contributed by atoms with Crippen LogP contribution in [-0.2, 0) is 9.59 Å². The fourth-order valence-electron chi connectivity index (χ4n) is 1.60. The van der Waals surface area contributed by atoms with E-state index >= 15 is 0 Å². The summed E-state index contributed by atoms with van der Waals surface area (Å²) in [6.07, 6.45) is 1.87. The van der Waals surface area contributed by atoms with Crippen molar-refractivity contribution in [1.82, 2.24) is 4.90 Å². The van der Waals surface area contributed by atoms with Crippen LogP contribution in [0.15, 0.2) is 0 Å². The van der Waals surface area contributed by atoms with Gasteiger partial charge in [0, 0.05) is 24.9 Å². The van der Waals surface area contributed by atoms with Crippen LogP contribution in [0.4, 0.5) is 0 Å². The van der Waals surface area contributed by atoms with Gasteiger partial charge in [0.2, 0.25) is 6.41 Å². The molecule has 0 saturated carbocycles. The van der Waals surface area contributed by atoms with Crippen LogP contribution in [0.5, 0.6) is 0 Å². The maximum atomic E-state index is 11.0. The minimum atomic E-state index is 0.0868. The van der Waals surface area contributed by atoms with Gasteiger partial charge < -0.3 is 4.90 Å². The molecule has 2 atom stereocenters. The first-order valence-electron chi connectivity index (χ1n) is 3.89. The molecule has 1 amide bonds. The third kappa shape index (κ3) is 1.59. The Morgan fingerprint density at radius 2 is 1.82 bits per heavy atom. The molecule has 1 aliphatic heterocycles. The van der Waals surface area contributed by atoms with Crippen molar-refractivity contribution in [2.45, 2.75) is 38.8 Å². The zero-order valence-corrected chi connectivity index (χ0v) is 6.91. The number of carbonyl (C=O) groups excluding carboxylic acids is 2. The van der Waals surface area contributed by atoms with E-state index in [1.807, 2.05) is 13.8 Å². The average molecular weight is 155 g/mol. The molecule has 1 rings (SSSR count). The molecular formula is C8H13NO2. The standard InChI is InChI=1S/C8H13NO2/c1-6-3-8(11)4-7(2)9(6)5-10/h5-7H,3-4H2,1-2H3. The smallest absolute Gasteiger partial charge is 0.210 e. The van der Waals surface area contributed by atoms with E-state index in [1.54, 1.807) is 4.90 Å². The van der Waals surface area contributed by atoms with Gasteiger partial charge in [-0.1, -0.05) is 0 Å². The molecule has 0 spiro atoms. The number of piperidine rings is 1. The van der Waals surface area contributed by atoms with E-state index in [4.69, 9.17) is 0 Å². The number of ketones is 1. The van der Waals surface area contributed by atoms with Gasteiger partial charge in [-0.05, 0) is 13.8 Å². The minimum absolute atomic E-state index is 0.0868. The lowest BCUT2D eigenvalue weighted by Gasteiger charge is -2.34. The largest absolute Gasteiger partial charge is 0.339 e. The Hall–Kier alpha value is -0.860. The maximum Gasteiger partial charge on any atom is 0.210 e. The van der Waals surface area contributed by atoms with Crippen molar-refractivity contribution in [1.29, 1.82) is 0 Å². The van der Waals surface area contributed by atoms with E-state index in [0.717, 1.165) is 6.41 Å². The number of carbonyl (C=O) groups is 2. The topological polar surface area (TPSA) is 37.4 Å². The van der Waals surface area contributed by atoms with E-state index in [9.17, 15) is 9.59 Å². The predicted octanol–water partition coefficient (Wildman–Crippen LogP) is 0.585. The summed E-state index contributed by atoms with van der Waals surface area (Å²) >= 11 is 0. The van der Waals surface area contributed by atoms with Gasteiger partial charge in [0.1, 0.15) is 5.78 Å². The maximum absolute atomic E-state index is 11.0. The number of likely N-dealkylation sites (tertiary alicyclic amines) is 1. The highest BCUT2D eigenvalue weighted by Gasteiger charge is 2.27. The summed E-state index contributed by atoms with van der Waals surface area (Å²) in [5, 5.41) is 0. The Bertz CT molecular complexity index is 165. The number of rotatable bonds is 1. The second-order valence-electron chi connectivity index (χ2n) is 3.20. The quantitative estimate of drug-likeness (QED) is 0.519. The fraction of sp³-hybridized carbons (Fsp3) is 0.750. The van der Waals surface area contributed by atoms with E-state index in [0.29, 0.717) is 12.8 Å². The van der Waals surface area contributed by atoms with Gasteiger partial charge in [0.05, 0.1) is 0 Å². The van der Waals surface area contributed by atoms with Gasteiger partial charge in [-0.15, -0.1) is 0 Å². The normalized spacial score (nSPS) is 32.2. The Kier molecular flexibility index (Phi) is 2.27. The second kappa shape index (κ2) is 3.03. The molecule has 11 heavy (non-hydrogen) atoms. The Labute approximate surface area is 66.4 Å². The van der Waals surface area contributed by atoms with Crippen LogP contribution in [0.1, 0.15) is 26.7 Å². The molecule has 3 heteroatoms.